The maximum atomic E-state index is 5.82. The minimum atomic E-state index is 0.727. The topological polar surface area (TPSA) is 15.7 Å². The molecule has 2 aromatic carbocycles. The Labute approximate surface area is 158 Å². The Hall–Kier alpha value is -1.84. The molecule has 0 saturated carbocycles. The maximum absolute atomic E-state index is 5.82. The van der Waals surface area contributed by atoms with Crippen molar-refractivity contribution in [3.8, 4) is 5.75 Å². The highest BCUT2D eigenvalue weighted by Crippen LogP contribution is 2.28. The third kappa shape index (κ3) is 5.86. The molecule has 1 saturated heterocycles. The molecule has 0 amide bonds. The third-order valence-corrected chi connectivity index (χ3v) is 5.21. The van der Waals surface area contributed by atoms with E-state index in [4.69, 9.17) is 4.74 Å². The summed E-state index contributed by atoms with van der Waals surface area (Å²) in [6.45, 7) is 5.26. The van der Waals surface area contributed by atoms with Crippen LogP contribution in [0.5, 0.6) is 5.75 Å². The molecule has 3 heteroatoms. The normalized spacial score (nSPS) is 16.1. The van der Waals surface area contributed by atoms with E-state index >= 15 is 0 Å². The molecule has 0 radical (unpaired) electrons. The molecule has 0 aromatic heterocycles. The fourth-order valence-electron chi connectivity index (χ4n) is 3.67. The molecule has 0 atom stereocenters. The van der Waals surface area contributed by atoms with Crippen molar-refractivity contribution in [3.63, 3.8) is 0 Å². The van der Waals surface area contributed by atoms with Gasteiger partial charge < -0.3 is 9.64 Å². The molecule has 1 aliphatic heterocycles. The van der Waals surface area contributed by atoms with Crippen LogP contribution >= 0.6 is 0 Å². The van der Waals surface area contributed by atoms with Crippen LogP contribution in [0.4, 0.5) is 0 Å². The monoisotopic (exact) mass is 352 g/mol. The Morgan fingerprint density at radius 1 is 0.962 bits per heavy atom. The standard InChI is InChI=1S/C23H32N2O/c1-24(2)15-6-18-26-23-11-9-20(10-12-23)19-25-16-13-22(14-17-25)21-7-4-3-5-8-21/h3-5,7-12,22H,6,13-19H2,1-2H3. The number of hydrogen-bond acceptors (Lipinski definition) is 3. The van der Waals surface area contributed by atoms with Gasteiger partial charge in [0.1, 0.15) is 5.75 Å². The number of likely N-dealkylation sites (tertiary alicyclic amines) is 1. The minimum Gasteiger partial charge on any atom is -0.494 e. The summed E-state index contributed by atoms with van der Waals surface area (Å²) >= 11 is 0. The van der Waals surface area contributed by atoms with Gasteiger partial charge in [0, 0.05) is 13.1 Å². The summed E-state index contributed by atoms with van der Waals surface area (Å²) in [6, 6.07) is 19.6. The first kappa shape index (κ1) is 18.9. The Balaban J connectivity index is 1.41. The second-order valence-electron chi connectivity index (χ2n) is 7.61. The summed E-state index contributed by atoms with van der Waals surface area (Å²) in [5, 5.41) is 0. The molecule has 0 N–H and O–H groups in total. The summed E-state index contributed by atoms with van der Waals surface area (Å²) in [5.41, 5.74) is 2.88. The Morgan fingerprint density at radius 3 is 2.31 bits per heavy atom. The van der Waals surface area contributed by atoms with Crippen LogP contribution in [0.15, 0.2) is 54.6 Å². The van der Waals surface area contributed by atoms with Crippen molar-refractivity contribution in [2.24, 2.45) is 0 Å². The van der Waals surface area contributed by atoms with Gasteiger partial charge in [0.15, 0.2) is 0 Å². The molecule has 3 rings (SSSR count). The van der Waals surface area contributed by atoms with Gasteiger partial charge in [-0.2, -0.15) is 0 Å². The predicted molar refractivity (Wildman–Crippen MR) is 109 cm³/mol. The highest BCUT2D eigenvalue weighted by Gasteiger charge is 2.20. The predicted octanol–water partition coefficient (Wildman–Crippen LogP) is 4.40. The molecule has 2 aromatic rings. The summed E-state index contributed by atoms with van der Waals surface area (Å²) in [4.78, 5) is 4.76. The maximum Gasteiger partial charge on any atom is 0.119 e. The molecule has 1 heterocycles. The van der Waals surface area contributed by atoms with Gasteiger partial charge in [0.2, 0.25) is 0 Å². The summed E-state index contributed by atoms with van der Waals surface area (Å²) in [7, 11) is 4.19. The van der Waals surface area contributed by atoms with Crippen LogP contribution in [0, 0.1) is 0 Å². The summed E-state index contributed by atoms with van der Waals surface area (Å²) in [5.74, 6) is 1.71. The highest BCUT2D eigenvalue weighted by atomic mass is 16.5. The van der Waals surface area contributed by atoms with Crippen molar-refractivity contribution in [1.29, 1.82) is 0 Å². The van der Waals surface area contributed by atoms with Gasteiger partial charge in [-0.25, -0.2) is 0 Å². The van der Waals surface area contributed by atoms with Crippen molar-refractivity contribution in [2.75, 3.05) is 40.3 Å². The van der Waals surface area contributed by atoms with Crippen LogP contribution in [0.2, 0.25) is 0 Å². The molecule has 140 valence electrons. The number of benzene rings is 2. The second kappa shape index (κ2) is 9.75. The van der Waals surface area contributed by atoms with Crippen molar-refractivity contribution in [1.82, 2.24) is 9.80 Å². The number of rotatable bonds is 8. The van der Waals surface area contributed by atoms with Crippen LogP contribution in [-0.4, -0.2) is 50.1 Å². The number of ether oxygens (including phenoxy) is 1. The SMILES string of the molecule is CN(C)CCCOc1ccc(CN2CCC(c3ccccc3)CC2)cc1. The first-order valence-corrected chi connectivity index (χ1v) is 9.84. The Bertz CT molecular complexity index is 631. The Kier molecular flexibility index (Phi) is 7.10. The number of piperidine rings is 1. The molecule has 0 unspecified atom stereocenters. The zero-order chi connectivity index (χ0) is 18.2. The van der Waals surface area contributed by atoms with Crippen LogP contribution in [0.1, 0.15) is 36.3 Å². The van der Waals surface area contributed by atoms with Gasteiger partial charge in [-0.1, -0.05) is 42.5 Å². The van der Waals surface area contributed by atoms with Crippen LogP contribution in [0.25, 0.3) is 0 Å². The smallest absolute Gasteiger partial charge is 0.119 e. The third-order valence-electron chi connectivity index (χ3n) is 5.21. The lowest BCUT2D eigenvalue weighted by molar-refractivity contribution is 0.204. The summed E-state index contributed by atoms with van der Waals surface area (Å²) < 4.78 is 5.82. The lowest BCUT2D eigenvalue weighted by Crippen LogP contribution is -2.32. The summed E-state index contributed by atoms with van der Waals surface area (Å²) in [6.07, 6.45) is 3.58. The van der Waals surface area contributed by atoms with E-state index in [1.165, 1.54) is 37.1 Å². The van der Waals surface area contributed by atoms with E-state index in [1.54, 1.807) is 0 Å². The van der Waals surface area contributed by atoms with E-state index in [-0.39, 0.29) is 0 Å². The van der Waals surface area contributed by atoms with Gasteiger partial charge in [-0.3, -0.25) is 4.90 Å². The molecule has 0 bridgehead atoms. The number of hydrogen-bond donors (Lipinski definition) is 0. The van der Waals surface area contributed by atoms with Crippen LogP contribution in [-0.2, 0) is 6.54 Å². The lowest BCUT2D eigenvalue weighted by atomic mass is 9.89. The zero-order valence-corrected chi connectivity index (χ0v) is 16.2. The molecule has 3 nitrogen and oxygen atoms in total. The Morgan fingerprint density at radius 2 is 1.65 bits per heavy atom. The molecule has 26 heavy (non-hydrogen) atoms. The second-order valence-corrected chi connectivity index (χ2v) is 7.61. The molecule has 1 fully saturated rings. The first-order chi connectivity index (χ1) is 12.7. The van der Waals surface area contributed by atoms with Gasteiger partial charge in [0.05, 0.1) is 6.61 Å². The van der Waals surface area contributed by atoms with Crippen molar-refractivity contribution in [3.05, 3.63) is 65.7 Å². The minimum absolute atomic E-state index is 0.727. The van der Waals surface area contributed by atoms with E-state index in [9.17, 15) is 0 Å². The molecular weight excluding hydrogens is 320 g/mol. The van der Waals surface area contributed by atoms with Crippen LogP contribution in [0.3, 0.4) is 0 Å². The van der Waals surface area contributed by atoms with Crippen molar-refractivity contribution >= 4 is 0 Å². The largest absolute Gasteiger partial charge is 0.494 e. The molecule has 0 spiro atoms. The highest BCUT2D eigenvalue weighted by molar-refractivity contribution is 5.27. The average molecular weight is 353 g/mol. The average Bonchev–Trinajstić information content (AvgIpc) is 2.68. The van der Waals surface area contributed by atoms with E-state index in [2.05, 4.69) is 78.5 Å². The van der Waals surface area contributed by atoms with Crippen molar-refractivity contribution < 1.29 is 4.74 Å². The van der Waals surface area contributed by atoms with Crippen molar-refractivity contribution in [2.45, 2.75) is 31.7 Å². The van der Waals surface area contributed by atoms with E-state index < -0.39 is 0 Å². The number of nitrogens with zero attached hydrogens (tertiary/aromatic N) is 2. The fraction of sp³-hybridized carbons (Fsp3) is 0.478. The zero-order valence-electron chi connectivity index (χ0n) is 16.2. The van der Waals surface area contributed by atoms with Crippen LogP contribution < -0.4 is 4.74 Å². The molecular formula is C23H32N2O. The molecule has 0 aliphatic carbocycles. The fourth-order valence-corrected chi connectivity index (χ4v) is 3.67. The van der Waals surface area contributed by atoms with Gasteiger partial charge in [-0.15, -0.1) is 0 Å². The quantitative estimate of drug-likeness (QED) is 0.655. The van der Waals surface area contributed by atoms with E-state index in [0.29, 0.717) is 0 Å². The molecule has 1 aliphatic rings. The lowest BCUT2D eigenvalue weighted by Gasteiger charge is -2.32. The van der Waals surface area contributed by atoms with Gasteiger partial charge in [-0.05, 0) is 75.6 Å². The first-order valence-electron chi connectivity index (χ1n) is 9.84. The van der Waals surface area contributed by atoms with E-state index in [1.807, 2.05) is 0 Å². The van der Waals surface area contributed by atoms with Gasteiger partial charge >= 0.3 is 0 Å². The van der Waals surface area contributed by atoms with E-state index in [0.717, 1.165) is 37.8 Å². The van der Waals surface area contributed by atoms with Gasteiger partial charge in [0.25, 0.3) is 0 Å².